The monoisotopic (exact) mass is 462 g/mol. The van der Waals surface area contributed by atoms with Crippen molar-refractivity contribution in [1.82, 2.24) is 14.7 Å². The van der Waals surface area contributed by atoms with E-state index in [0.29, 0.717) is 35.2 Å². The van der Waals surface area contributed by atoms with Gasteiger partial charge in [0.2, 0.25) is 0 Å². The minimum atomic E-state index is -4.48. The van der Waals surface area contributed by atoms with E-state index < -0.39 is 28.4 Å². The van der Waals surface area contributed by atoms with Gasteiger partial charge in [0, 0.05) is 36.2 Å². The van der Waals surface area contributed by atoms with Crippen molar-refractivity contribution in [2.45, 2.75) is 38.6 Å². The first-order valence-electron chi connectivity index (χ1n) is 10.2. The lowest BCUT2D eigenvalue weighted by Crippen LogP contribution is -2.52. The fourth-order valence-electron chi connectivity index (χ4n) is 3.64. The molecule has 3 aromatic rings. The van der Waals surface area contributed by atoms with Crippen LogP contribution < -0.4 is 0 Å². The third-order valence-corrected chi connectivity index (χ3v) is 5.25. The summed E-state index contributed by atoms with van der Waals surface area (Å²) in [5.41, 5.74) is -0.264. The number of carbonyl (C=O) groups excluding carboxylic acids is 1. The van der Waals surface area contributed by atoms with Crippen molar-refractivity contribution in [3.8, 4) is 11.3 Å². The Balaban J connectivity index is 1.69. The highest BCUT2D eigenvalue weighted by atomic mass is 19.4. The molecule has 4 rings (SSSR count). The maximum atomic E-state index is 12.9. The highest BCUT2D eigenvalue weighted by molar-refractivity contribution is 5.95. The number of fused-ring (bicyclic) bond motifs is 1. The van der Waals surface area contributed by atoms with Crippen LogP contribution in [0.5, 0.6) is 0 Å². The predicted octanol–water partition coefficient (Wildman–Crippen LogP) is 5.42. The molecule has 1 saturated heterocycles. The van der Waals surface area contributed by atoms with Gasteiger partial charge in [0.05, 0.1) is 22.0 Å². The van der Waals surface area contributed by atoms with Gasteiger partial charge in [-0.25, -0.2) is 4.79 Å². The number of nitrogens with zero attached hydrogens (tertiary/aromatic N) is 4. The number of hydrogen-bond donors (Lipinski definition) is 0. The van der Waals surface area contributed by atoms with E-state index in [1.165, 1.54) is 29.2 Å². The van der Waals surface area contributed by atoms with Gasteiger partial charge in [0.1, 0.15) is 11.3 Å². The van der Waals surface area contributed by atoms with Gasteiger partial charge in [0.15, 0.2) is 0 Å². The lowest BCUT2D eigenvalue weighted by Gasteiger charge is -2.39. The van der Waals surface area contributed by atoms with E-state index >= 15 is 0 Å². The summed E-state index contributed by atoms with van der Waals surface area (Å²) < 4.78 is 45.9. The normalized spacial score (nSPS) is 14.9. The number of ether oxygens (including phenoxy) is 1. The van der Waals surface area contributed by atoms with E-state index in [4.69, 9.17) is 4.74 Å². The fraction of sp³-hybridized carbons (Fsp3) is 0.364. The second-order valence-electron chi connectivity index (χ2n) is 8.87. The molecule has 0 saturated carbocycles. The molecule has 11 heteroatoms. The van der Waals surface area contributed by atoms with Crippen LogP contribution in [0.4, 0.5) is 23.7 Å². The SMILES string of the molecule is CC(C)(C)OC(=O)N1CC(n2nc(-c3ccc(C(F)(F)F)cc3)c3cc([N+](=O)[O-])ccc32)C1. The van der Waals surface area contributed by atoms with Gasteiger partial charge in [-0.2, -0.15) is 18.3 Å². The highest BCUT2D eigenvalue weighted by Gasteiger charge is 2.37. The molecule has 0 bridgehead atoms. The van der Waals surface area contributed by atoms with Crippen LogP contribution in [0.3, 0.4) is 0 Å². The number of rotatable bonds is 3. The van der Waals surface area contributed by atoms with E-state index in [1.54, 1.807) is 31.5 Å². The summed E-state index contributed by atoms with van der Waals surface area (Å²) in [7, 11) is 0. The standard InChI is InChI=1S/C22H21F3N4O4/c1-21(2,3)33-20(30)27-11-16(12-27)28-18-9-8-15(29(31)32)10-17(18)19(26-28)13-4-6-14(7-5-13)22(23,24)25/h4-10,16H,11-12H2,1-3H3. The van der Waals surface area contributed by atoms with Crippen molar-refractivity contribution in [3.05, 3.63) is 58.1 Å². The topological polar surface area (TPSA) is 90.5 Å². The minimum absolute atomic E-state index is 0.154. The zero-order valence-electron chi connectivity index (χ0n) is 18.1. The molecule has 1 fully saturated rings. The van der Waals surface area contributed by atoms with E-state index in [1.807, 2.05) is 0 Å². The zero-order valence-corrected chi connectivity index (χ0v) is 18.1. The van der Waals surface area contributed by atoms with Crippen LogP contribution >= 0.6 is 0 Å². The molecule has 2 heterocycles. The Morgan fingerprint density at radius 3 is 2.30 bits per heavy atom. The molecule has 174 valence electrons. The van der Waals surface area contributed by atoms with Crippen molar-refractivity contribution in [2.24, 2.45) is 0 Å². The van der Waals surface area contributed by atoms with Crippen LogP contribution in [0.15, 0.2) is 42.5 Å². The van der Waals surface area contributed by atoms with Gasteiger partial charge < -0.3 is 9.64 Å². The quantitative estimate of drug-likeness (QED) is 0.383. The van der Waals surface area contributed by atoms with Gasteiger partial charge in [-0.1, -0.05) is 12.1 Å². The first-order valence-corrected chi connectivity index (χ1v) is 10.2. The summed E-state index contributed by atoms with van der Waals surface area (Å²) in [5.74, 6) is 0. The van der Waals surface area contributed by atoms with Gasteiger partial charge >= 0.3 is 12.3 Å². The van der Waals surface area contributed by atoms with Crippen molar-refractivity contribution in [3.63, 3.8) is 0 Å². The second-order valence-corrected chi connectivity index (χ2v) is 8.87. The molecule has 1 amide bonds. The summed E-state index contributed by atoms with van der Waals surface area (Å²) in [6.07, 6.45) is -4.93. The largest absolute Gasteiger partial charge is 0.444 e. The lowest BCUT2D eigenvalue weighted by molar-refractivity contribution is -0.384. The number of halogens is 3. The first kappa shape index (κ1) is 22.6. The van der Waals surface area contributed by atoms with E-state index in [9.17, 15) is 28.1 Å². The Morgan fingerprint density at radius 2 is 1.76 bits per heavy atom. The number of likely N-dealkylation sites (tertiary alicyclic amines) is 1. The Bertz CT molecular complexity index is 1220. The van der Waals surface area contributed by atoms with Crippen LogP contribution in [0.2, 0.25) is 0 Å². The number of benzene rings is 2. The minimum Gasteiger partial charge on any atom is -0.444 e. The third kappa shape index (κ3) is 4.48. The number of nitro benzene ring substituents is 1. The van der Waals surface area contributed by atoms with Gasteiger partial charge in [-0.3, -0.25) is 14.8 Å². The van der Waals surface area contributed by atoms with Gasteiger partial charge in [-0.15, -0.1) is 0 Å². The highest BCUT2D eigenvalue weighted by Crippen LogP contribution is 2.36. The number of aromatic nitrogens is 2. The Morgan fingerprint density at radius 1 is 1.12 bits per heavy atom. The summed E-state index contributed by atoms with van der Waals surface area (Å²) in [5, 5.41) is 16.3. The molecular weight excluding hydrogens is 441 g/mol. The number of hydrogen-bond acceptors (Lipinski definition) is 5. The van der Waals surface area contributed by atoms with Crippen molar-refractivity contribution in [1.29, 1.82) is 0 Å². The molecule has 1 aromatic heterocycles. The van der Waals surface area contributed by atoms with Crippen molar-refractivity contribution >= 4 is 22.7 Å². The molecule has 0 radical (unpaired) electrons. The molecule has 2 aromatic carbocycles. The van der Waals surface area contributed by atoms with Crippen LogP contribution in [-0.4, -0.2) is 44.4 Å². The number of amides is 1. The molecular formula is C22H21F3N4O4. The molecule has 0 atom stereocenters. The molecule has 8 nitrogen and oxygen atoms in total. The zero-order chi connectivity index (χ0) is 24.1. The maximum Gasteiger partial charge on any atom is 0.416 e. The van der Waals surface area contributed by atoms with Crippen LogP contribution in [0.25, 0.3) is 22.2 Å². The lowest BCUT2D eigenvalue weighted by atomic mass is 10.0. The van der Waals surface area contributed by atoms with E-state index in [0.717, 1.165) is 12.1 Å². The number of carbonyl (C=O) groups is 1. The maximum absolute atomic E-state index is 12.9. The number of nitro groups is 1. The fourth-order valence-corrected chi connectivity index (χ4v) is 3.64. The Hall–Kier alpha value is -3.63. The van der Waals surface area contributed by atoms with Crippen LogP contribution in [-0.2, 0) is 10.9 Å². The predicted molar refractivity (Wildman–Crippen MR) is 114 cm³/mol. The average Bonchev–Trinajstić information content (AvgIpc) is 3.03. The van der Waals surface area contributed by atoms with E-state index in [-0.39, 0.29) is 11.7 Å². The van der Waals surface area contributed by atoms with Crippen LogP contribution in [0, 0.1) is 10.1 Å². The molecule has 0 spiro atoms. The summed E-state index contributed by atoms with van der Waals surface area (Å²) in [4.78, 5) is 24.5. The number of non-ortho nitro benzene ring substituents is 1. The average molecular weight is 462 g/mol. The molecule has 0 N–H and O–H groups in total. The Labute approximate surface area is 186 Å². The molecule has 1 aliphatic heterocycles. The van der Waals surface area contributed by atoms with E-state index in [2.05, 4.69) is 5.10 Å². The van der Waals surface area contributed by atoms with Crippen LogP contribution in [0.1, 0.15) is 32.4 Å². The smallest absolute Gasteiger partial charge is 0.416 e. The summed E-state index contributed by atoms with van der Waals surface area (Å²) in [6, 6.07) is 8.55. The van der Waals surface area contributed by atoms with Gasteiger partial charge in [0.25, 0.3) is 5.69 Å². The summed E-state index contributed by atoms with van der Waals surface area (Å²) >= 11 is 0. The van der Waals surface area contributed by atoms with Gasteiger partial charge in [-0.05, 0) is 39.0 Å². The third-order valence-electron chi connectivity index (χ3n) is 5.25. The second kappa shape index (κ2) is 7.75. The molecule has 0 aliphatic carbocycles. The van der Waals surface area contributed by atoms with Crippen molar-refractivity contribution < 1.29 is 27.6 Å². The molecule has 1 aliphatic rings. The molecule has 0 unspecified atom stereocenters. The summed E-state index contributed by atoms with van der Waals surface area (Å²) in [6.45, 7) is 5.97. The molecule has 33 heavy (non-hydrogen) atoms. The Kier molecular flexibility index (Phi) is 5.30. The van der Waals surface area contributed by atoms with Crippen molar-refractivity contribution in [2.75, 3.05) is 13.1 Å². The number of alkyl halides is 3. The first-order chi connectivity index (χ1) is 15.3.